The molecule has 0 aromatic carbocycles. The molecule has 0 radical (unpaired) electrons. The second-order valence-electron chi connectivity index (χ2n) is 5.76. The Morgan fingerprint density at radius 1 is 0.750 bits per heavy atom. The number of hydrogen-bond acceptors (Lipinski definition) is 4. The lowest BCUT2D eigenvalue weighted by Crippen LogP contribution is -2.35. The van der Waals surface area contributed by atoms with Crippen molar-refractivity contribution >= 4 is 11.9 Å². The molecule has 0 unspecified atom stereocenters. The van der Waals surface area contributed by atoms with Crippen LogP contribution >= 0.6 is 0 Å². The van der Waals surface area contributed by atoms with Gasteiger partial charge in [-0.05, 0) is 51.4 Å². The van der Waals surface area contributed by atoms with Crippen LogP contribution in [0.5, 0.6) is 0 Å². The van der Waals surface area contributed by atoms with Crippen LogP contribution in [-0.2, 0) is 19.1 Å². The van der Waals surface area contributed by atoms with Crippen LogP contribution in [0.25, 0.3) is 0 Å². The zero-order valence-corrected chi connectivity index (χ0v) is 11.8. The molecule has 0 spiro atoms. The van der Waals surface area contributed by atoms with Gasteiger partial charge in [-0.25, -0.2) is 14.0 Å². The Balaban J connectivity index is 1.74. The van der Waals surface area contributed by atoms with Gasteiger partial charge in [0.1, 0.15) is 12.2 Å². The van der Waals surface area contributed by atoms with E-state index in [1.165, 1.54) is 0 Å². The molecule has 0 N–H and O–H groups in total. The SMILES string of the molecule is O=C(OC1CCCCC1)C(F)C(=O)OC1CCCCC1. The fourth-order valence-corrected chi connectivity index (χ4v) is 2.91. The molecule has 0 amide bonds. The number of carbonyl (C=O) groups excluding carboxylic acids is 2. The minimum atomic E-state index is -2.29. The molecular formula is C15H23FO4. The Morgan fingerprint density at radius 3 is 1.45 bits per heavy atom. The summed E-state index contributed by atoms with van der Waals surface area (Å²) in [5.74, 6) is -2.17. The van der Waals surface area contributed by atoms with Crippen molar-refractivity contribution in [1.82, 2.24) is 0 Å². The van der Waals surface area contributed by atoms with Crippen molar-refractivity contribution in [3.8, 4) is 0 Å². The topological polar surface area (TPSA) is 52.6 Å². The summed E-state index contributed by atoms with van der Waals surface area (Å²) in [5.41, 5.74) is 0. The first kappa shape index (κ1) is 15.3. The average Bonchev–Trinajstić information content (AvgIpc) is 2.48. The summed E-state index contributed by atoms with van der Waals surface area (Å²) in [6.07, 6.45) is 6.46. The first-order valence-electron chi connectivity index (χ1n) is 7.72. The third-order valence-electron chi connectivity index (χ3n) is 4.08. The third kappa shape index (κ3) is 4.46. The first-order valence-corrected chi connectivity index (χ1v) is 7.72. The predicted octanol–water partition coefficient (Wildman–Crippen LogP) is 3.08. The lowest BCUT2D eigenvalue weighted by Gasteiger charge is -2.24. The quantitative estimate of drug-likeness (QED) is 0.588. The van der Waals surface area contributed by atoms with Crippen molar-refractivity contribution in [2.24, 2.45) is 0 Å². The van der Waals surface area contributed by atoms with Crippen LogP contribution in [0.2, 0.25) is 0 Å². The first-order chi connectivity index (χ1) is 9.66. The zero-order chi connectivity index (χ0) is 14.4. The molecule has 0 aromatic rings. The van der Waals surface area contributed by atoms with Crippen LogP contribution in [0.4, 0.5) is 4.39 Å². The van der Waals surface area contributed by atoms with Gasteiger partial charge < -0.3 is 9.47 Å². The number of halogens is 1. The van der Waals surface area contributed by atoms with Gasteiger partial charge in [0.25, 0.3) is 6.17 Å². The summed E-state index contributed by atoms with van der Waals surface area (Å²) in [5, 5.41) is 0. The molecule has 114 valence electrons. The lowest BCUT2D eigenvalue weighted by molar-refractivity contribution is -0.171. The van der Waals surface area contributed by atoms with Gasteiger partial charge in [-0.2, -0.15) is 0 Å². The number of hydrogen-bond donors (Lipinski definition) is 0. The predicted molar refractivity (Wildman–Crippen MR) is 70.8 cm³/mol. The van der Waals surface area contributed by atoms with Gasteiger partial charge >= 0.3 is 11.9 Å². The molecule has 0 saturated heterocycles. The molecule has 2 aliphatic carbocycles. The Morgan fingerprint density at radius 2 is 1.10 bits per heavy atom. The van der Waals surface area contributed by atoms with Crippen molar-refractivity contribution in [3.05, 3.63) is 0 Å². The molecule has 0 aromatic heterocycles. The standard InChI is InChI=1S/C15H23FO4/c16-13(14(17)19-11-7-3-1-4-8-11)15(18)20-12-9-5-2-6-10-12/h11-13H,1-10H2. The van der Waals surface area contributed by atoms with Gasteiger partial charge in [0, 0.05) is 0 Å². The highest BCUT2D eigenvalue weighted by molar-refractivity contribution is 5.97. The molecule has 2 aliphatic rings. The van der Waals surface area contributed by atoms with Gasteiger partial charge in [-0.1, -0.05) is 12.8 Å². The molecule has 0 atom stereocenters. The maximum Gasteiger partial charge on any atom is 0.352 e. The summed E-state index contributed by atoms with van der Waals surface area (Å²) in [6.45, 7) is 0. The second kappa shape index (κ2) is 7.60. The largest absolute Gasteiger partial charge is 0.460 e. The molecule has 0 bridgehead atoms. The van der Waals surface area contributed by atoms with E-state index in [1.54, 1.807) is 0 Å². The Bertz CT molecular complexity index is 301. The number of esters is 2. The van der Waals surface area contributed by atoms with Crippen molar-refractivity contribution in [1.29, 1.82) is 0 Å². The highest BCUT2D eigenvalue weighted by Gasteiger charge is 2.33. The highest BCUT2D eigenvalue weighted by Crippen LogP contribution is 2.23. The zero-order valence-electron chi connectivity index (χ0n) is 11.8. The molecular weight excluding hydrogens is 263 g/mol. The molecule has 2 rings (SSSR count). The number of carbonyl (C=O) groups is 2. The third-order valence-corrected chi connectivity index (χ3v) is 4.08. The van der Waals surface area contributed by atoms with E-state index >= 15 is 0 Å². The number of alkyl halides is 1. The van der Waals surface area contributed by atoms with Gasteiger partial charge in [0.15, 0.2) is 0 Å². The normalized spacial score (nSPS) is 21.7. The van der Waals surface area contributed by atoms with Crippen molar-refractivity contribution in [3.63, 3.8) is 0 Å². The van der Waals surface area contributed by atoms with Crippen molar-refractivity contribution in [2.45, 2.75) is 82.6 Å². The average molecular weight is 286 g/mol. The maximum absolute atomic E-state index is 13.8. The Labute approximate surface area is 119 Å². The molecule has 0 heterocycles. The van der Waals surface area contributed by atoms with E-state index in [2.05, 4.69) is 0 Å². The second-order valence-corrected chi connectivity index (χ2v) is 5.76. The highest BCUT2D eigenvalue weighted by atomic mass is 19.1. The van der Waals surface area contributed by atoms with Gasteiger partial charge in [-0.3, -0.25) is 0 Å². The smallest absolute Gasteiger partial charge is 0.352 e. The maximum atomic E-state index is 13.8. The minimum Gasteiger partial charge on any atom is -0.460 e. The van der Waals surface area contributed by atoms with Crippen LogP contribution in [-0.4, -0.2) is 30.3 Å². The van der Waals surface area contributed by atoms with Crippen LogP contribution in [0.3, 0.4) is 0 Å². The Hall–Kier alpha value is -1.13. The molecule has 20 heavy (non-hydrogen) atoms. The van der Waals surface area contributed by atoms with Gasteiger partial charge in [0.05, 0.1) is 0 Å². The minimum absolute atomic E-state index is 0.239. The van der Waals surface area contributed by atoms with E-state index in [-0.39, 0.29) is 12.2 Å². The summed E-state index contributed by atoms with van der Waals surface area (Å²) in [7, 11) is 0. The van der Waals surface area contributed by atoms with E-state index in [0.717, 1.165) is 64.2 Å². The van der Waals surface area contributed by atoms with Crippen LogP contribution < -0.4 is 0 Å². The lowest BCUT2D eigenvalue weighted by atomic mass is 9.97. The van der Waals surface area contributed by atoms with Crippen molar-refractivity contribution < 1.29 is 23.5 Å². The molecule has 4 nitrogen and oxygen atoms in total. The van der Waals surface area contributed by atoms with Gasteiger partial charge in [-0.15, -0.1) is 0 Å². The summed E-state index contributed by atoms with van der Waals surface area (Å²) < 4.78 is 23.8. The number of rotatable bonds is 4. The van der Waals surface area contributed by atoms with Crippen molar-refractivity contribution in [2.75, 3.05) is 0 Å². The molecule has 2 fully saturated rings. The Kier molecular flexibility index (Phi) is 5.80. The molecule has 2 saturated carbocycles. The summed E-state index contributed by atoms with van der Waals surface area (Å²) in [4.78, 5) is 23.2. The summed E-state index contributed by atoms with van der Waals surface area (Å²) >= 11 is 0. The van der Waals surface area contributed by atoms with Crippen LogP contribution in [0.15, 0.2) is 0 Å². The van der Waals surface area contributed by atoms with Crippen LogP contribution in [0, 0.1) is 0 Å². The van der Waals surface area contributed by atoms with E-state index in [4.69, 9.17) is 9.47 Å². The van der Waals surface area contributed by atoms with E-state index < -0.39 is 18.1 Å². The van der Waals surface area contributed by atoms with Crippen LogP contribution in [0.1, 0.15) is 64.2 Å². The molecule has 5 heteroatoms. The fourth-order valence-electron chi connectivity index (χ4n) is 2.91. The van der Waals surface area contributed by atoms with Gasteiger partial charge in [0.2, 0.25) is 0 Å². The molecule has 0 aliphatic heterocycles. The van der Waals surface area contributed by atoms with E-state index in [9.17, 15) is 14.0 Å². The van der Waals surface area contributed by atoms with E-state index in [0.29, 0.717) is 0 Å². The van der Waals surface area contributed by atoms with E-state index in [1.807, 2.05) is 0 Å². The number of ether oxygens (including phenoxy) is 2. The summed E-state index contributed by atoms with van der Waals surface area (Å²) in [6, 6.07) is 0. The monoisotopic (exact) mass is 286 g/mol. The fraction of sp³-hybridized carbons (Fsp3) is 0.867.